The normalized spacial score (nSPS) is 16.4. The van der Waals surface area contributed by atoms with Gasteiger partial charge >= 0.3 is 12.1 Å². The Balaban J connectivity index is 1.48. The van der Waals surface area contributed by atoms with E-state index in [-0.39, 0.29) is 13.1 Å². The summed E-state index contributed by atoms with van der Waals surface area (Å²) in [5, 5.41) is 12.9. The maximum absolute atomic E-state index is 14.0. The van der Waals surface area contributed by atoms with Crippen LogP contribution in [0.4, 0.5) is 10.5 Å². The van der Waals surface area contributed by atoms with E-state index in [2.05, 4.69) is 5.32 Å². The second-order valence-electron chi connectivity index (χ2n) is 11.9. The first kappa shape index (κ1) is 31.8. The molecule has 5 rings (SSSR count). The Kier molecular flexibility index (Phi) is 9.56. The molecule has 9 heteroatoms. The van der Waals surface area contributed by atoms with Gasteiger partial charge in [0.25, 0.3) is 5.91 Å². The lowest BCUT2D eigenvalue weighted by Crippen LogP contribution is -2.40. The average Bonchev–Trinajstić information content (AvgIpc) is 3.10. The second-order valence-corrected chi connectivity index (χ2v) is 12.3. The van der Waals surface area contributed by atoms with Crippen LogP contribution in [0.25, 0.3) is 11.1 Å². The summed E-state index contributed by atoms with van der Waals surface area (Å²) in [7, 11) is 0. The van der Waals surface area contributed by atoms with Gasteiger partial charge in [-0.3, -0.25) is 9.59 Å². The van der Waals surface area contributed by atoms with Gasteiger partial charge in [0, 0.05) is 17.1 Å². The lowest BCUT2D eigenvalue weighted by molar-refractivity contribution is -0.146. The Hall–Kier alpha value is -4.66. The number of fused-ring (bicyclic) bond motifs is 1. The van der Waals surface area contributed by atoms with Crippen molar-refractivity contribution in [2.75, 3.05) is 4.90 Å². The lowest BCUT2D eigenvalue weighted by atomic mass is 9.97. The first-order valence-corrected chi connectivity index (χ1v) is 15.0. The molecule has 232 valence electrons. The molecule has 0 saturated heterocycles. The summed E-state index contributed by atoms with van der Waals surface area (Å²) in [6, 6.07) is 30.5. The molecule has 1 aliphatic rings. The summed E-state index contributed by atoms with van der Waals surface area (Å²) in [6.07, 6.45) is -3.12. The van der Waals surface area contributed by atoms with Crippen LogP contribution in [0.5, 0.6) is 0 Å². The van der Waals surface area contributed by atoms with Gasteiger partial charge in [0.15, 0.2) is 0 Å². The van der Waals surface area contributed by atoms with Crippen LogP contribution >= 0.6 is 11.6 Å². The summed E-state index contributed by atoms with van der Waals surface area (Å²) in [4.78, 5) is 39.7. The van der Waals surface area contributed by atoms with E-state index < -0.39 is 42.2 Å². The standard InChI is InChI=1S/C36H35ClN2O6/c1-36(2,3)45-35(43)38-21-24-8-7-11-27(18-24)33-29-19-28(37)16-17-30(29)39(34(42)31(44-33)20-32(40)41)22-23-12-14-26(15-13-23)25-9-5-4-6-10-25/h4-19,31,33H,20-22H2,1-3H3,(H,38,43)(H,40,41). The third-order valence-electron chi connectivity index (χ3n) is 7.26. The molecule has 0 aliphatic carbocycles. The number of nitrogens with one attached hydrogen (secondary N) is 1. The SMILES string of the molecule is CC(C)(C)OC(=O)NCc1cccc(C2OC(CC(=O)O)C(=O)N(Cc3ccc(-c4ccccc4)cc3)c3ccc(Cl)cc32)c1. The molecule has 2 atom stereocenters. The zero-order valence-corrected chi connectivity index (χ0v) is 26.1. The van der Waals surface area contributed by atoms with Gasteiger partial charge in [-0.05, 0) is 66.8 Å². The highest BCUT2D eigenvalue weighted by Gasteiger charge is 2.38. The molecule has 1 aliphatic heterocycles. The number of carbonyl (C=O) groups excluding carboxylic acids is 2. The zero-order valence-electron chi connectivity index (χ0n) is 25.3. The third-order valence-corrected chi connectivity index (χ3v) is 7.49. The van der Waals surface area contributed by atoms with Crippen molar-refractivity contribution < 1.29 is 29.0 Å². The minimum absolute atomic E-state index is 0.195. The minimum atomic E-state index is -1.26. The number of alkyl carbamates (subject to hydrolysis) is 1. The molecular formula is C36H35ClN2O6. The molecule has 8 nitrogen and oxygen atoms in total. The van der Waals surface area contributed by atoms with Crippen molar-refractivity contribution in [2.24, 2.45) is 0 Å². The molecule has 0 saturated carbocycles. The fourth-order valence-electron chi connectivity index (χ4n) is 5.26. The highest BCUT2D eigenvalue weighted by atomic mass is 35.5. The average molecular weight is 627 g/mol. The lowest BCUT2D eigenvalue weighted by Gasteiger charge is -2.25. The second kappa shape index (κ2) is 13.5. The predicted molar refractivity (Wildman–Crippen MR) is 173 cm³/mol. The highest BCUT2D eigenvalue weighted by Crippen LogP contribution is 2.41. The van der Waals surface area contributed by atoms with E-state index in [0.717, 1.165) is 22.3 Å². The third kappa shape index (κ3) is 8.09. The molecule has 2 amide bonds. The highest BCUT2D eigenvalue weighted by molar-refractivity contribution is 6.30. The molecule has 0 spiro atoms. The van der Waals surface area contributed by atoms with Crippen molar-refractivity contribution in [2.45, 2.75) is 58.1 Å². The van der Waals surface area contributed by atoms with E-state index >= 15 is 0 Å². The molecule has 0 fully saturated rings. The van der Waals surface area contributed by atoms with E-state index in [1.807, 2.05) is 78.9 Å². The number of hydrogen-bond donors (Lipinski definition) is 2. The van der Waals surface area contributed by atoms with Crippen LogP contribution in [0.15, 0.2) is 97.1 Å². The predicted octanol–water partition coefficient (Wildman–Crippen LogP) is 7.53. The van der Waals surface area contributed by atoms with Crippen LogP contribution in [0, 0.1) is 0 Å². The zero-order chi connectivity index (χ0) is 32.1. The molecule has 0 aromatic heterocycles. The Morgan fingerprint density at radius 1 is 0.911 bits per heavy atom. The van der Waals surface area contributed by atoms with E-state index in [1.165, 1.54) is 0 Å². The van der Waals surface area contributed by atoms with Gasteiger partial charge in [0.1, 0.15) is 17.8 Å². The number of carboxylic acids is 1. The molecular weight excluding hydrogens is 592 g/mol. The summed E-state index contributed by atoms with van der Waals surface area (Å²) in [5.41, 5.74) is 5.01. The number of nitrogens with zero attached hydrogens (tertiary/aromatic N) is 1. The molecule has 0 radical (unpaired) electrons. The molecule has 2 N–H and O–H groups in total. The van der Waals surface area contributed by atoms with Crippen LogP contribution < -0.4 is 10.2 Å². The summed E-state index contributed by atoms with van der Waals surface area (Å²) >= 11 is 6.48. The van der Waals surface area contributed by atoms with Gasteiger partial charge < -0.3 is 24.8 Å². The number of carbonyl (C=O) groups is 3. The summed E-state index contributed by atoms with van der Waals surface area (Å²) < 4.78 is 11.7. The smallest absolute Gasteiger partial charge is 0.407 e. The molecule has 45 heavy (non-hydrogen) atoms. The summed E-state index contributed by atoms with van der Waals surface area (Å²) in [5.74, 6) is -1.61. The van der Waals surface area contributed by atoms with Gasteiger partial charge in [0.2, 0.25) is 0 Å². The first-order valence-electron chi connectivity index (χ1n) is 14.6. The number of aliphatic carboxylic acids is 1. The maximum atomic E-state index is 14.0. The van der Waals surface area contributed by atoms with Crippen molar-refractivity contribution in [3.05, 3.63) is 124 Å². The van der Waals surface area contributed by atoms with E-state index in [1.54, 1.807) is 43.9 Å². The fraction of sp³-hybridized carbons (Fsp3) is 0.250. The molecule has 4 aromatic rings. The number of carboxylic acid groups (broad SMARTS) is 1. The monoisotopic (exact) mass is 626 g/mol. The first-order chi connectivity index (χ1) is 21.5. The van der Waals surface area contributed by atoms with Gasteiger partial charge in [-0.15, -0.1) is 0 Å². The van der Waals surface area contributed by atoms with Gasteiger partial charge in [0.05, 0.1) is 18.7 Å². The van der Waals surface area contributed by atoms with Crippen molar-refractivity contribution in [3.8, 4) is 11.1 Å². The van der Waals surface area contributed by atoms with E-state index in [0.29, 0.717) is 21.8 Å². The number of amides is 2. The van der Waals surface area contributed by atoms with Crippen molar-refractivity contribution in [1.82, 2.24) is 5.32 Å². The van der Waals surface area contributed by atoms with Crippen LogP contribution in [0.2, 0.25) is 5.02 Å². The Morgan fingerprint density at radius 3 is 2.31 bits per heavy atom. The van der Waals surface area contributed by atoms with Gasteiger partial charge in [-0.1, -0.05) is 90.5 Å². The molecule has 0 bridgehead atoms. The Morgan fingerprint density at radius 2 is 1.62 bits per heavy atom. The van der Waals surface area contributed by atoms with E-state index in [9.17, 15) is 19.5 Å². The van der Waals surface area contributed by atoms with Crippen molar-refractivity contribution >= 4 is 35.3 Å². The van der Waals surface area contributed by atoms with E-state index in [4.69, 9.17) is 21.1 Å². The van der Waals surface area contributed by atoms with Gasteiger partial charge in [-0.2, -0.15) is 0 Å². The molecule has 1 heterocycles. The summed E-state index contributed by atoms with van der Waals surface area (Å²) in [6.45, 7) is 5.76. The fourth-order valence-corrected chi connectivity index (χ4v) is 5.44. The number of rotatable bonds is 8. The largest absolute Gasteiger partial charge is 0.481 e. The van der Waals surface area contributed by atoms with Gasteiger partial charge in [-0.25, -0.2) is 4.79 Å². The number of hydrogen-bond acceptors (Lipinski definition) is 5. The molecule has 2 unspecified atom stereocenters. The Bertz CT molecular complexity index is 1680. The number of halogens is 1. The number of ether oxygens (including phenoxy) is 2. The topological polar surface area (TPSA) is 105 Å². The number of anilines is 1. The minimum Gasteiger partial charge on any atom is -0.481 e. The Labute approximate surface area is 267 Å². The quantitative estimate of drug-likeness (QED) is 0.209. The number of benzene rings is 4. The molecule has 4 aromatic carbocycles. The maximum Gasteiger partial charge on any atom is 0.407 e. The van der Waals surface area contributed by atoms with Crippen molar-refractivity contribution in [1.29, 1.82) is 0 Å². The van der Waals surface area contributed by atoms with Crippen LogP contribution in [-0.2, 0) is 32.2 Å². The van der Waals surface area contributed by atoms with Crippen molar-refractivity contribution in [3.63, 3.8) is 0 Å². The van der Waals surface area contributed by atoms with Crippen LogP contribution in [0.3, 0.4) is 0 Å². The van der Waals surface area contributed by atoms with Crippen LogP contribution in [0.1, 0.15) is 55.5 Å². The van der Waals surface area contributed by atoms with Crippen LogP contribution in [-0.4, -0.2) is 34.8 Å².